The van der Waals surface area contributed by atoms with Crippen LogP contribution in [0.3, 0.4) is 0 Å². The van der Waals surface area contributed by atoms with Crippen LogP contribution in [-0.4, -0.2) is 23.7 Å². The molecule has 0 aliphatic carbocycles. The van der Waals surface area contributed by atoms with E-state index in [1.165, 1.54) is 0 Å². The molecule has 2 amide bonds. The maximum absolute atomic E-state index is 11.5. The molecule has 0 radical (unpaired) electrons. The first-order valence-electron chi connectivity index (χ1n) is 5.62. The van der Waals surface area contributed by atoms with Crippen LogP contribution < -0.4 is 10.6 Å². The lowest BCUT2D eigenvalue weighted by Gasteiger charge is -2.09. The van der Waals surface area contributed by atoms with Gasteiger partial charge in [0.1, 0.15) is 0 Å². The molecule has 5 nitrogen and oxygen atoms in total. The van der Waals surface area contributed by atoms with Crippen LogP contribution in [0, 0.1) is 5.92 Å². The number of rotatable bonds is 5. The Morgan fingerprint density at radius 2 is 1.84 bits per heavy atom. The first-order valence-corrected chi connectivity index (χ1v) is 6.38. The van der Waals surface area contributed by atoms with Crippen molar-refractivity contribution in [1.29, 1.82) is 0 Å². The van der Waals surface area contributed by atoms with E-state index in [9.17, 15) is 9.59 Å². The third-order valence-electron chi connectivity index (χ3n) is 2.40. The molecular weight excluding hydrogens is 291 g/mol. The summed E-state index contributed by atoms with van der Waals surface area (Å²) in [6.45, 7) is 1.85. The Kier molecular flexibility index (Phi) is 5.92. The molecule has 7 heteroatoms. The molecule has 0 saturated carbocycles. The van der Waals surface area contributed by atoms with Crippen LogP contribution in [0.4, 0.5) is 10.5 Å². The van der Waals surface area contributed by atoms with E-state index in [2.05, 4.69) is 10.6 Å². The summed E-state index contributed by atoms with van der Waals surface area (Å²) in [5.74, 6) is -1.38. The predicted molar refractivity (Wildman–Crippen MR) is 74.9 cm³/mol. The van der Waals surface area contributed by atoms with E-state index < -0.39 is 17.9 Å². The van der Waals surface area contributed by atoms with Crippen molar-refractivity contribution in [2.75, 3.05) is 11.9 Å². The summed E-state index contributed by atoms with van der Waals surface area (Å²) in [6.07, 6.45) is 0.360. The van der Waals surface area contributed by atoms with Gasteiger partial charge in [-0.05, 0) is 24.6 Å². The van der Waals surface area contributed by atoms with Crippen molar-refractivity contribution < 1.29 is 14.7 Å². The number of carboxylic acid groups (broad SMARTS) is 1. The first kappa shape index (κ1) is 15.6. The SMILES string of the molecule is CC(CCNC(=O)Nc1cc(Cl)cc(Cl)c1)C(=O)O. The number of carbonyl (C=O) groups excluding carboxylic acids is 1. The summed E-state index contributed by atoms with van der Waals surface area (Å²) < 4.78 is 0. The molecule has 0 aliphatic heterocycles. The number of hydrogen-bond acceptors (Lipinski definition) is 2. The number of carbonyl (C=O) groups is 2. The number of carboxylic acids is 1. The van der Waals surface area contributed by atoms with Crippen LogP contribution in [0.1, 0.15) is 13.3 Å². The van der Waals surface area contributed by atoms with E-state index in [4.69, 9.17) is 28.3 Å². The summed E-state index contributed by atoms with van der Waals surface area (Å²) >= 11 is 11.6. The quantitative estimate of drug-likeness (QED) is 0.781. The van der Waals surface area contributed by atoms with Gasteiger partial charge in [-0.25, -0.2) is 4.79 Å². The smallest absolute Gasteiger partial charge is 0.319 e. The van der Waals surface area contributed by atoms with Crippen molar-refractivity contribution in [3.63, 3.8) is 0 Å². The van der Waals surface area contributed by atoms with Crippen LogP contribution in [0.2, 0.25) is 10.0 Å². The molecule has 19 heavy (non-hydrogen) atoms. The van der Waals surface area contributed by atoms with Crippen LogP contribution in [0.15, 0.2) is 18.2 Å². The molecule has 104 valence electrons. The highest BCUT2D eigenvalue weighted by Gasteiger charge is 2.11. The molecule has 0 aromatic heterocycles. The molecule has 0 aliphatic rings. The summed E-state index contributed by atoms with van der Waals surface area (Å²) in [4.78, 5) is 22.1. The first-order chi connectivity index (χ1) is 8.88. The molecule has 0 saturated heterocycles. The second-order valence-corrected chi connectivity index (χ2v) is 4.94. The van der Waals surface area contributed by atoms with Crippen molar-refractivity contribution in [3.05, 3.63) is 28.2 Å². The van der Waals surface area contributed by atoms with Crippen molar-refractivity contribution in [2.45, 2.75) is 13.3 Å². The van der Waals surface area contributed by atoms with E-state index in [1.807, 2.05) is 0 Å². The van der Waals surface area contributed by atoms with Gasteiger partial charge in [0, 0.05) is 22.3 Å². The largest absolute Gasteiger partial charge is 0.481 e. The van der Waals surface area contributed by atoms with E-state index >= 15 is 0 Å². The van der Waals surface area contributed by atoms with Crippen LogP contribution in [0.25, 0.3) is 0 Å². The monoisotopic (exact) mass is 304 g/mol. The number of hydrogen-bond donors (Lipinski definition) is 3. The minimum absolute atomic E-state index is 0.271. The standard InChI is InChI=1S/C12H14Cl2N2O3/c1-7(11(17)18)2-3-15-12(19)16-10-5-8(13)4-9(14)6-10/h4-7H,2-3H2,1H3,(H,17,18)(H2,15,16,19). The molecule has 0 spiro atoms. The molecule has 1 rings (SSSR count). The highest BCUT2D eigenvalue weighted by molar-refractivity contribution is 6.35. The summed E-state index contributed by atoms with van der Waals surface area (Å²) in [6, 6.07) is 4.25. The molecule has 1 aromatic carbocycles. The van der Waals surface area contributed by atoms with E-state index in [0.717, 1.165) is 0 Å². The number of amides is 2. The number of anilines is 1. The van der Waals surface area contributed by atoms with Gasteiger partial charge in [-0.3, -0.25) is 4.79 Å². The zero-order valence-electron chi connectivity index (χ0n) is 10.2. The number of nitrogens with one attached hydrogen (secondary N) is 2. The van der Waals surface area contributed by atoms with Crippen molar-refractivity contribution in [3.8, 4) is 0 Å². The Labute approximate surface area is 120 Å². The van der Waals surface area contributed by atoms with Gasteiger partial charge in [0.25, 0.3) is 0 Å². The fourth-order valence-corrected chi connectivity index (χ4v) is 1.85. The van der Waals surface area contributed by atoms with Crippen molar-refractivity contribution >= 4 is 40.9 Å². The second-order valence-electron chi connectivity index (χ2n) is 4.07. The van der Waals surface area contributed by atoms with Crippen LogP contribution in [0.5, 0.6) is 0 Å². The Bertz CT molecular complexity index is 460. The fourth-order valence-electron chi connectivity index (χ4n) is 1.33. The number of halogens is 2. The third-order valence-corrected chi connectivity index (χ3v) is 2.84. The van der Waals surface area contributed by atoms with Gasteiger partial charge in [-0.1, -0.05) is 30.1 Å². The third kappa shape index (κ3) is 5.81. The minimum atomic E-state index is -0.885. The second kappa shape index (κ2) is 7.21. The Morgan fingerprint density at radius 1 is 1.26 bits per heavy atom. The molecular formula is C12H14Cl2N2O3. The van der Waals surface area contributed by atoms with Crippen molar-refractivity contribution in [1.82, 2.24) is 5.32 Å². The van der Waals surface area contributed by atoms with Crippen LogP contribution in [-0.2, 0) is 4.79 Å². The molecule has 3 N–H and O–H groups in total. The minimum Gasteiger partial charge on any atom is -0.481 e. The summed E-state index contributed by atoms with van der Waals surface area (Å²) in [5.41, 5.74) is 0.473. The average Bonchev–Trinajstić information content (AvgIpc) is 2.26. The summed E-state index contributed by atoms with van der Waals surface area (Å²) in [7, 11) is 0. The van der Waals surface area contributed by atoms with Crippen LogP contribution >= 0.6 is 23.2 Å². The maximum atomic E-state index is 11.5. The predicted octanol–water partition coefficient (Wildman–Crippen LogP) is 3.23. The zero-order chi connectivity index (χ0) is 14.4. The molecule has 1 atom stereocenters. The number of aliphatic carboxylic acids is 1. The molecule has 0 heterocycles. The van der Waals surface area contributed by atoms with Gasteiger partial charge in [0.15, 0.2) is 0 Å². The van der Waals surface area contributed by atoms with E-state index in [-0.39, 0.29) is 6.54 Å². The normalized spacial score (nSPS) is 11.7. The average molecular weight is 305 g/mol. The molecule has 1 aromatic rings. The Hall–Kier alpha value is -1.46. The molecule has 1 unspecified atom stereocenters. The topological polar surface area (TPSA) is 78.4 Å². The van der Waals surface area contributed by atoms with Gasteiger partial charge >= 0.3 is 12.0 Å². The van der Waals surface area contributed by atoms with Gasteiger partial charge in [-0.15, -0.1) is 0 Å². The number of benzene rings is 1. The number of urea groups is 1. The molecule has 0 bridgehead atoms. The lowest BCUT2D eigenvalue weighted by atomic mass is 10.1. The Morgan fingerprint density at radius 3 is 2.37 bits per heavy atom. The maximum Gasteiger partial charge on any atom is 0.319 e. The lowest BCUT2D eigenvalue weighted by Crippen LogP contribution is -2.31. The Balaban J connectivity index is 2.41. The van der Waals surface area contributed by atoms with Gasteiger partial charge in [0.05, 0.1) is 5.92 Å². The summed E-state index contributed by atoms with van der Waals surface area (Å²) in [5, 5.41) is 14.6. The van der Waals surface area contributed by atoms with Gasteiger partial charge in [0.2, 0.25) is 0 Å². The lowest BCUT2D eigenvalue weighted by molar-refractivity contribution is -0.141. The highest BCUT2D eigenvalue weighted by atomic mass is 35.5. The zero-order valence-corrected chi connectivity index (χ0v) is 11.8. The highest BCUT2D eigenvalue weighted by Crippen LogP contribution is 2.22. The molecule has 0 fully saturated rings. The van der Waals surface area contributed by atoms with Gasteiger partial charge < -0.3 is 15.7 Å². The van der Waals surface area contributed by atoms with E-state index in [1.54, 1.807) is 25.1 Å². The van der Waals surface area contributed by atoms with Gasteiger partial charge in [-0.2, -0.15) is 0 Å². The van der Waals surface area contributed by atoms with E-state index in [0.29, 0.717) is 22.2 Å². The van der Waals surface area contributed by atoms with Crippen molar-refractivity contribution in [2.24, 2.45) is 5.92 Å². The fraction of sp³-hybridized carbons (Fsp3) is 0.333.